The van der Waals surface area contributed by atoms with E-state index in [1.54, 1.807) is 5.32 Å². The van der Waals surface area contributed by atoms with Gasteiger partial charge in [0.1, 0.15) is 11.6 Å². The molecule has 1 N–H and O–H groups in total. The van der Waals surface area contributed by atoms with E-state index in [0.717, 1.165) is 0 Å². The van der Waals surface area contributed by atoms with Crippen LogP contribution in [0.5, 0.6) is 0 Å². The summed E-state index contributed by atoms with van der Waals surface area (Å²) in [5.41, 5.74) is -0.664. The molecule has 0 bridgehead atoms. The van der Waals surface area contributed by atoms with Gasteiger partial charge >= 0.3 is 0 Å². The summed E-state index contributed by atoms with van der Waals surface area (Å²) in [5.74, 6) is -2.07. The van der Waals surface area contributed by atoms with Crippen LogP contribution < -0.4 is 5.32 Å². The molecule has 1 aromatic rings. The van der Waals surface area contributed by atoms with Gasteiger partial charge in [-0.2, -0.15) is 0 Å². The first-order valence-electron chi connectivity index (χ1n) is 5.16. The lowest BCUT2D eigenvalue weighted by molar-refractivity contribution is 0.0887. The Hall–Kier alpha value is -0.720. The molecular formula is C11H10Cl3F4NO. The fraction of sp³-hybridized carbons (Fsp3) is 0.364. The predicted octanol–water partition coefficient (Wildman–Crippen LogP) is 4.08. The highest BCUT2D eigenvalue weighted by Gasteiger charge is 2.16. The molecule has 2 nitrogen and oxygen atoms in total. The maximum Gasteiger partial charge on any atom is 0.255 e. The molecule has 0 aliphatic carbocycles. The number of nitrogens with one attached hydrogen (secondary N) is 1. The molecule has 114 valence electrons. The Labute approximate surface area is 128 Å². The molecule has 1 rings (SSSR count). The van der Waals surface area contributed by atoms with Gasteiger partial charge in [-0.15, -0.1) is 23.2 Å². The summed E-state index contributed by atoms with van der Waals surface area (Å²) in [6.45, 7) is -0.928. The van der Waals surface area contributed by atoms with Crippen molar-refractivity contribution in [2.45, 2.75) is 6.43 Å². The van der Waals surface area contributed by atoms with Crippen molar-refractivity contribution in [3.05, 3.63) is 34.4 Å². The predicted molar refractivity (Wildman–Crippen MR) is 71.1 cm³/mol. The Kier molecular flexibility index (Phi) is 9.71. The number of hydrogen-bond acceptors (Lipinski definition) is 1. The Morgan fingerprint density at radius 2 is 1.70 bits per heavy atom. The van der Waals surface area contributed by atoms with Crippen molar-refractivity contribution >= 4 is 40.7 Å². The van der Waals surface area contributed by atoms with Crippen molar-refractivity contribution < 1.29 is 22.4 Å². The van der Waals surface area contributed by atoms with E-state index in [2.05, 4.69) is 0 Å². The molecule has 0 aliphatic heterocycles. The third-order valence-electron chi connectivity index (χ3n) is 1.74. The van der Waals surface area contributed by atoms with Gasteiger partial charge in [0.15, 0.2) is 0 Å². The fourth-order valence-corrected chi connectivity index (χ4v) is 1.11. The van der Waals surface area contributed by atoms with Crippen LogP contribution in [0.15, 0.2) is 12.1 Å². The molecule has 20 heavy (non-hydrogen) atoms. The molecule has 0 heterocycles. The number of alkyl halides is 4. The number of carbonyl (C=O) groups excluding carboxylic acids is 1. The zero-order chi connectivity index (χ0) is 15.7. The van der Waals surface area contributed by atoms with Crippen molar-refractivity contribution in [2.24, 2.45) is 0 Å². The van der Waals surface area contributed by atoms with E-state index in [9.17, 15) is 22.4 Å². The molecule has 0 aromatic heterocycles. The number of benzene rings is 1. The third kappa shape index (κ3) is 7.17. The molecule has 1 amide bonds. The van der Waals surface area contributed by atoms with Crippen molar-refractivity contribution in [3.8, 4) is 0 Å². The summed E-state index contributed by atoms with van der Waals surface area (Å²) in [6, 6.07) is 1.16. The van der Waals surface area contributed by atoms with Crippen LogP contribution in [0.25, 0.3) is 0 Å². The molecule has 9 heteroatoms. The molecule has 0 spiro atoms. The van der Waals surface area contributed by atoms with Crippen molar-refractivity contribution in [1.82, 2.24) is 5.32 Å². The molecule has 1 aromatic carbocycles. The average molecular weight is 355 g/mol. The van der Waals surface area contributed by atoms with Gasteiger partial charge in [-0.05, 0) is 12.1 Å². The van der Waals surface area contributed by atoms with E-state index < -0.39 is 41.1 Å². The van der Waals surface area contributed by atoms with Gasteiger partial charge in [-0.1, -0.05) is 11.6 Å². The van der Waals surface area contributed by atoms with E-state index in [0.29, 0.717) is 23.9 Å². The SMILES string of the molecule is ClCCCl.O=C(NCC(F)F)c1cc(F)c(Cl)cc1F. The van der Waals surface area contributed by atoms with E-state index >= 15 is 0 Å². The molecule has 0 saturated heterocycles. The summed E-state index contributed by atoms with van der Waals surface area (Å²) >= 11 is 15.4. The van der Waals surface area contributed by atoms with Gasteiger partial charge in [0, 0.05) is 11.8 Å². The van der Waals surface area contributed by atoms with Crippen LogP contribution in [-0.4, -0.2) is 30.6 Å². The minimum atomic E-state index is -2.76. The average Bonchev–Trinajstić information content (AvgIpc) is 2.40. The van der Waals surface area contributed by atoms with Crippen molar-refractivity contribution in [1.29, 1.82) is 0 Å². The minimum Gasteiger partial charge on any atom is -0.346 e. The Morgan fingerprint density at radius 1 is 1.15 bits per heavy atom. The van der Waals surface area contributed by atoms with E-state index in [1.165, 1.54) is 0 Å². The molecule has 0 atom stereocenters. The number of rotatable bonds is 4. The number of carbonyl (C=O) groups is 1. The lowest BCUT2D eigenvalue weighted by Gasteiger charge is -2.06. The maximum atomic E-state index is 13.1. The Bertz CT molecular complexity index is 444. The maximum absolute atomic E-state index is 13.1. The highest BCUT2D eigenvalue weighted by Crippen LogP contribution is 2.19. The van der Waals surface area contributed by atoms with Crippen LogP contribution in [-0.2, 0) is 0 Å². The van der Waals surface area contributed by atoms with Gasteiger partial charge in [0.05, 0.1) is 17.1 Å². The van der Waals surface area contributed by atoms with E-state index in [1.807, 2.05) is 0 Å². The van der Waals surface area contributed by atoms with Gasteiger partial charge in [0.2, 0.25) is 0 Å². The van der Waals surface area contributed by atoms with Gasteiger partial charge < -0.3 is 5.32 Å². The quantitative estimate of drug-likeness (QED) is 0.493. The lowest BCUT2D eigenvalue weighted by Crippen LogP contribution is -2.29. The topological polar surface area (TPSA) is 29.1 Å². The van der Waals surface area contributed by atoms with Crippen LogP contribution in [0.2, 0.25) is 5.02 Å². The number of halogens is 7. The Morgan fingerprint density at radius 3 is 2.15 bits per heavy atom. The van der Waals surface area contributed by atoms with E-state index in [4.69, 9.17) is 34.8 Å². The highest BCUT2D eigenvalue weighted by molar-refractivity contribution is 6.30. The first-order chi connectivity index (χ1) is 9.33. The van der Waals surface area contributed by atoms with Crippen molar-refractivity contribution in [2.75, 3.05) is 18.3 Å². The second-order valence-corrected chi connectivity index (χ2v) is 4.39. The fourth-order valence-electron chi connectivity index (χ4n) is 0.962. The third-order valence-corrected chi connectivity index (χ3v) is 2.60. The molecule has 0 saturated carbocycles. The molecule has 0 fully saturated rings. The Balaban J connectivity index is 0.000000796. The second kappa shape index (κ2) is 10.1. The summed E-state index contributed by atoms with van der Waals surface area (Å²) in [5, 5.41) is 1.26. The standard InChI is InChI=1S/C9H6ClF4NO.C2H4Cl2/c10-5-2-6(11)4(1-7(5)12)9(16)15-3-8(13)14;3-1-2-4/h1-2,8H,3H2,(H,15,16);1-2H2. The first-order valence-corrected chi connectivity index (χ1v) is 6.61. The molecule has 0 radical (unpaired) electrons. The smallest absolute Gasteiger partial charge is 0.255 e. The normalized spacial score (nSPS) is 10.0. The monoisotopic (exact) mass is 353 g/mol. The van der Waals surface area contributed by atoms with Crippen LogP contribution in [0, 0.1) is 11.6 Å². The second-order valence-electron chi connectivity index (χ2n) is 3.23. The van der Waals surface area contributed by atoms with Gasteiger partial charge in [-0.3, -0.25) is 4.79 Å². The summed E-state index contributed by atoms with van der Waals surface area (Å²) in [4.78, 5) is 11.1. The van der Waals surface area contributed by atoms with Crippen molar-refractivity contribution in [3.63, 3.8) is 0 Å². The zero-order valence-corrected chi connectivity index (χ0v) is 12.2. The molecule has 0 aliphatic rings. The summed E-state index contributed by atoms with van der Waals surface area (Å²) in [6.07, 6.45) is -2.76. The largest absolute Gasteiger partial charge is 0.346 e. The van der Waals surface area contributed by atoms with Crippen LogP contribution in [0.4, 0.5) is 17.6 Å². The van der Waals surface area contributed by atoms with Gasteiger partial charge in [0.25, 0.3) is 12.3 Å². The van der Waals surface area contributed by atoms with Crippen LogP contribution in [0.1, 0.15) is 10.4 Å². The summed E-state index contributed by atoms with van der Waals surface area (Å²) in [7, 11) is 0. The van der Waals surface area contributed by atoms with Gasteiger partial charge in [-0.25, -0.2) is 17.6 Å². The summed E-state index contributed by atoms with van der Waals surface area (Å²) < 4.78 is 49.5. The minimum absolute atomic E-state index is 0.483. The number of hydrogen-bond donors (Lipinski definition) is 1. The van der Waals surface area contributed by atoms with E-state index in [-0.39, 0.29) is 0 Å². The lowest BCUT2D eigenvalue weighted by atomic mass is 10.2. The highest BCUT2D eigenvalue weighted by atomic mass is 35.5. The number of amides is 1. The van der Waals surface area contributed by atoms with Crippen LogP contribution >= 0.6 is 34.8 Å². The molecule has 0 unspecified atom stereocenters. The zero-order valence-electron chi connectivity index (χ0n) is 9.91. The first kappa shape index (κ1) is 19.3. The van der Waals surface area contributed by atoms with Crippen LogP contribution in [0.3, 0.4) is 0 Å². The molecular weight excluding hydrogens is 344 g/mol.